The van der Waals surface area contributed by atoms with E-state index < -0.39 is 0 Å². The summed E-state index contributed by atoms with van der Waals surface area (Å²) < 4.78 is 0. The van der Waals surface area contributed by atoms with Gasteiger partial charge in [-0.3, -0.25) is 4.79 Å². The van der Waals surface area contributed by atoms with Crippen molar-refractivity contribution in [3.63, 3.8) is 0 Å². The molecule has 0 aliphatic carbocycles. The monoisotopic (exact) mass is 309 g/mol. The number of phenols is 1. The minimum atomic E-state index is -0.377. The van der Waals surface area contributed by atoms with Crippen molar-refractivity contribution in [2.45, 2.75) is 12.5 Å². The van der Waals surface area contributed by atoms with E-state index in [1.165, 1.54) is 0 Å². The molecule has 116 valence electrons. The van der Waals surface area contributed by atoms with Crippen molar-refractivity contribution in [3.8, 4) is 5.75 Å². The summed E-state index contributed by atoms with van der Waals surface area (Å²) in [4.78, 5) is 16.3. The number of anilines is 1. The zero-order valence-electron chi connectivity index (χ0n) is 12.4. The molecular weight excluding hydrogens is 286 g/mol. The first-order valence-electron chi connectivity index (χ1n) is 7.19. The van der Waals surface area contributed by atoms with Gasteiger partial charge in [0.1, 0.15) is 5.75 Å². The number of nitrogens with zero attached hydrogens (tertiary/aromatic N) is 2. The third kappa shape index (κ3) is 4.28. The van der Waals surface area contributed by atoms with E-state index in [2.05, 4.69) is 4.90 Å². The summed E-state index contributed by atoms with van der Waals surface area (Å²) in [5.41, 5.74) is 7.03. The predicted octanol–water partition coefficient (Wildman–Crippen LogP) is 1.12. The standard InChI is InChI=1S/C15H23N3O2S/c1-21-11-6-14(16)15(20)18-9-7-17(8-10-18)12-2-4-13(19)5-3-12/h2-5,14,19H,6-11,16H2,1H3/t14-/m1/s1. The molecule has 1 atom stereocenters. The van der Waals surface area contributed by atoms with E-state index in [-0.39, 0.29) is 17.7 Å². The molecule has 1 aliphatic rings. The van der Waals surface area contributed by atoms with Gasteiger partial charge in [0, 0.05) is 31.9 Å². The van der Waals surface area contributed by atoms with Crippen LogP contribution < -0.4 is 10.6 Å². The average molecular weight is 309 g/mol. The number of thioether (sulfide) groups is 1. The van der Waals surface area contributed by atoms with Gasteiger partial charge in [-0.15, -0.1) is 0 Å². The van der Waals surface area contributed by atoms with E-state index in [9.17, 15) is 9.90 Å². The molecule has 2 rings (SSSR count). The molecule has 21 heavy (non-hydrogen) atoms. The molecule has 1 heterocycles. The number of phenolic OH excluding ortho intramolecular Hbond substituents is 1. The highest BCUT2D eigenvalue weighted by atomic mass is 32.2. The van der Waals surface area contributed by atoms with E-state index in [1.54, 1.807) is 23.9 Å². The summed E-state index contributed by atoms with van der Waals surface area (Å²) in [6, 6.07) is 6.79. The number of carbonyl (C=O) groups excluding carboxylic acids is 1. The number of nitrogens with two attached hydrogens (primary N) is 1. The predicted molar refractivity (Wildman–Crippen MR) is 87.9 cm³/mol. The van der Waals surface area contributed by atoms with Gasteiger partial charge in [-0.05, 0) is 42.7 Å². The lowest BCUT2D eigenvalue weighted by Gasteiger charge is -2.37. The number of amides is 1. The summed E-state index contributed by atoms with van der Waals surface area (Å²) in [6.45, 7) is 3.00. The summed E-state index contributed by atoms with van der Waals surface area (Å²) in [5.74, 6) is 1.25. The van der Waals surface area contributed by atoms with Gasteiger partial charge in [0.15, 0.2) is 0 Å². The Hall–Kier alpha value is -1.40. The Morgan fingerprint density at radius 3 is 2.48 bits per heavy atom. The summed E-state index contributed by atoms with van der Waals surface area (Å²) in [7, 11) is 0. The number of carbonyl (C=O) groups is 1. The first-order chi connectivity index (χ1) is 10.1. The molecule has 0 spiro atoms. The maximum Gasteiger partial charge on any atom is 0.239 e. The van der Waals surface area contributed by atoms with Gasteiger partial charge in [0.25, 0.3) is 0 Å². The molecule has 5 nitrogen and oxygen atoms in total. The average Bonchev–Trinajstić information content (AvgIpc) is 2.53. The quantitative estimate of drug-likeness (QED) is 0.853. The van der Waals surface area contributed by atoms with Gasteiger partial charge in [-0.25, -0.2) is 0 Å². The molecule has 1 aromatic carbocycles. The van der Waals surface area contributed by atoms with Gasteiger partial charge in [-0.2, -0.15) is 11.8 Å². The third-order valence-corrected chi connectivity index (χ3v) is 4.40. The van der Waals surface area contributed by atoms with Crippen LogP contribution in [0.3, 0.4) is 0 Å². The van der Waals surface area contributed by atoms with E-state index in [4.69, 9.17) is 5.73 Å². The Morgan fingerprint density at radius 1 is 1.29 bits per heavy atom. The number of hydrogen-bond acceptors (Lipinski definition) is 5. The highest BCUT2D eigenvalue weighted by molar-refractivity contribution is 7.98. The van der Waals surface area contributed by atoms with Crippen molar-refractivity contribution in [2.24, 2.45) is 5.73 Å². The molecule has 0 radical (unpaired) electrons. The molecule has 0 saturated carbocycles. The normalized spacial score (nSPS) is 16.9. The first-order valence-corrected chi connectivity index (χ1v) is 8.58. The van der Waals surface area contributed by atoms with Crippen LogP contribution in [0.25, 0.3) is 0 Å². The molecular formula is C15H23N3O2S. The minimum Gasteiger partial charge on any atom is -0.508 e. The largest absolute Gasteiger partial charge is 0.508 e. The molecule has 1 aromatic rings. The molecule has 6 heteroatoms. The fourth-order valence-electron chi connectivity index (χ4n) is 2.45. The van der Waals surface area contributed by atoms with Crippen LogP contribution in [0, 0.1) is 0 Å². The van der Waals surface area contributed by atoms with E-state index in [1.807, 2.05) is 23.3 Å². The van der Waals surface area contributed by atoms with Gasteiger partial charge >= 0.3 is 0 Å². The maximum atomic E-state index is 12.2. The van der Waals surface area contributed by atoms with Crippen molar-refractivity contribution in [1.82, 2.24) is 4.90 Å². The zero-order chi connectivity index (χ0) is 15.2. The Bertz CT molecular complexity index is 458. The van der Waals surface area contributed by atoms with Crippen molar-refractivity contribution in [1.29, 1.82) is 0 Å². The van der Waals surface area contributed by atoms with Crippen LogP contribution in [-0.2, 0) is 4.79 Å². The van der Waals surface area contributed by atoms with Crippen LogP contribution >= 0.6 is 11.8 Å². The molecule has 0 aromatic heterocycles. The minimum absolute atomic E-state index is 0.0643. The second-order valence-electron chi connectivity index (χ2n) is 5.22. The van der Waals surface area contributed by atoms with Gasteiger partial charge in [0.05, 0.1) is 6.04 Å². The summed E-state index contributed by atoms with van der Waals surface area (Å²) in [6.07, 6.45) is 2.76. The lowest BCUT2D eigenvalue weighted by atomic mass is 10.2. The van der Waals surface area contributed by atoms with Crippen LogP contribution in [0.2, 0.25) is 0 Å². The Kier molecular flexibility index (Phi) is 5.76. The highest BCUT2D eigenvalue weighted by Gasteiger charge is 2.25. The number of rotatable bonds is 5. The Morgan fingerprint density at radius 2 is 1.90 bits per heavy atom. The SMILES string of the molecule is CSCC[C@@H](N)C(=O)N1CCN(c2ccc(O)cc2)CC1. The second kappa shape index (κ2) is 7.56. The lowest BCUT2D eigenvalue weighted by Crippen LogP contribution is -2.53. The van der Waals surface area contributed by atoms with Crippen LogP contribution in [0.4, 0.5) is 5.69 Å². The second-order valence-corrected chi connectivity index (χ2v) is 6.20. The molecule has 1 amide bonds. The number of aromatic hydroxyl groups is 1. The van der Waals surface area contributed by atoms with Crippen LogP contribution in [0.1, 0.15) is 6.42 Å². The molecule has 1 fully saturated rings. The van der Waals surface area contributed by atoms with Gasteiger partial charge in [-0.1, -0.05) is 0 Å². The first kappa shape index (κ1) is 16.0. The van der Waals surface area contributed by atoms with Crippen molar-refractivity contribution < 1.29 is 9.90 Å². The summed E-state index contributed by atoms with van der Waals surface area (Å²) >= 11 is 1.71. The maximum absolute atomic E-state index is 12.2. The van der Waals surface area contributed by atoms with Crippen molar-refractivity contribution in [3.05, 3.63) is 24.3 Å². The van der Waals surface area contributed by atoms with Crippen LogP contribution in [0.5, 0.6) is 5.75 Å². The fraction of sp³-hybridized carbons (Fsp3) is 0.533. The molecule has 1 saturated heterocycles. The van der Waals surface area contributed by atoms with Crippen molar-refractivity contribution >= 4 is 23.4 Å². The molecule has 3 N–H and O–H groups in total. The molecule has 1 aliphatic heterocycles. The van der Waals surface area contributed by atoms with Crippen LogP contribution in [0.15, 0.2) is 24.3 Å². The zero-order valence-corrected chi connectivity index (χ0v) is 13.2. The number of hydrogen-bond donors (Lipinski definition) is 2. The third-order valence-electron chi connectivity index (χ3n) is 3.76. The fourth-order valence-corrected chi connectivity index (χ4v) is 2.94. The lowest BCUT2D eigenvalue weighted by molar-refractivity contribution is -0.132. The Balaban J connectivity index is 1.85. The highest BCUT2D eigenvalue weighted by Crippen LogP contribution is 2.20. The van der Waals surface area contributed by atoms with E-state index in [0.29, 0.717) is 13.1 Å². The van der Waals surface area contributed by atoms with Crippen LogP contribution in [-0.4, -0.2) is 60.1 Å². The molecule has 0 unspecified atom stereocenters. The molecule has 0 bridgehead atoms. The van der Waals surface area contributed by atoms with E-state index in [0.717, 1.165) is 31.0 Å². The smallest absolute Gasteiger partial charge is 0.239 e. The topological polar surface area (TPSA) is 69.8 Å². The van der Waals surface area contributed by atoms with Crippen molar-refractivity contribution in [2.75, 3.05) is 43.1 Å². The number of piperazine rings is 1. The van der Waals surface area contributed by atoms with E-state index >= 15 is 0 Å². The van der Waals surface area contributed by atoms with Gasteiger partial charge in [0.2, 0.25) is 5.91 Å². The number of benzene rings is 1. The summed E-state index contributed by atoms with van der Waals surface area (Å²) in [5, 5.41) is 9.31. The van der Waals surface area contributed by atoms with Gasteiger partial charge < -0.3 is 20.6 Å². The Labute approximate surface area is 130 Å².